The number of aliphatic hydroxyl groups excluding tert-OH is 1. The molecule has 15 heavy (non-hydrogen) atoms. The van der Waals surface area contributed by atoms with E-state index in [2.05, 4.69) is 17.9 Å². The number of anilines is 1. The lowest BCUT2D eigenvalue weighted by Crippen LogP contribution is -2.28. The van der Waals surface area contributed by atoms with Gasteiger partial charge in [-0.25, -0.2) is 0 Å². The molecule has 1 aromatic carbocycles. The van der Waals surface area contributed by atoms with Crippen molar-refractivity contribution in [1.29, 1.82) is 0 Å². The summed E-state index contributed by atoms with van der Waals surface area (Å²) in [7, 11) is 0. The van der Waals surface area contributed by atoms with Gasteiger partial charge in [-0.1, -0.05) is 25.5 Å². The van der Waals surface area contributed by atoms with E-state index in [0.29, 0.717) is 5.76 Å². The zero-order valence-corrected chi connectivity index (χ0v) is 9.11. The molecule has 1 aromatic rings. The molecule has 0 saturated heterocycles. The van der Waals surface area contributed by atoms with Crippen LogP contribution in [0.4, 0.5) is 5.69 Å². The van der Waals surface area contributed by atoms with Crippen LogP contribution in [0, 0.1) is 0 Å². The fourth-order valence-corrected chi connectivity index (χ4v) is 1.93. The number of aliphatic hydroxyl groups is 1. The van der Waals surface area contributed by atoms with Crippen molar-refractivity contribution >= 4 is 11.4 Å². The molecule has 0 fully saturated rings. The molecule has 2 nitrogen and oxygen atoms in total. The summed E-state index contributed by atoms with van der Waals surface area (Å²) < 4.78 is 0. The maximum absolute atomic E-state index is 9.74. The van der Waals surface area contributed by atoms with Gasteiger partial charge in [0.05, 0.1) is 0 Å². The smallest absolute Gasteiger partial charge is 0.122 e. The molecule has 1 aliphatic heterocycles. The van der Waals surface area contributed by atoms with E-state index >= 15 is 0 Å². The van der Waals surface area contributed by atoms with Gasteiger partial charge in [-0.2, -0.15) is 0 Å². The van der Waals surface area contributed by atoms with Crippen LogP contribution in [0.15, 0.2) is 30.3 Å². The highest BCUT2D eigenvalue weighted by atomic mass is 16.3. The van der Waals surface area contributed by atoms with Crippen LogP contribution in [0.3, 0.4) is 0 Å². The van der Waals surface area contributed by atoms with Crippen LogP contribution in [0.1, 0.15) is 25.3 Å². The standard InChI is InChI=1S/C13H17NO/c1-2-3-9-14-10-8-13(15)11-6-4-5-7-12(11)14/h4-8,15H,2-3,9-10H2,1H3. The lowest BCUT2D eigenvalue weighted by atomic mass is 10.1. The van der Waals surface area contributed by atoms with Crippen molar-refractivity contribution in [2.24, 2.45) is 0 Å². The molecule has 0 aliphatic carbocycles. The van der Waals surface area contributed by atoms with Crippen LogP contribution in [0.2, 0.25) is 0 Å². The highest BCUT2D eigenvalue weighted by Gasteiger charge is 2.16. The highest BCUT2D eigenvalue weighted by Crippen LogP contribution is 2.29. The van der Waals surface area contributed by atoms with Crippen molar-refractivity contribution in [2.45, 2.75) is 19.8 Å². The summed E-state index contributed by atoms with van der Waals surface area (Å²) in [6, 6.07) is 8.04. The van der Waals surface area contributed by atoms with E-state index in [1.165, 1.54) is 12.8 Å². The molecule has 0 bridgehead atoms. The van der Waals surface area contributed by atoms with Gasteiger partial charge in [0.15, 0.2) is 0 Å². The second kappa shape index (κ2) is 4.39. The van der Waals surface area contributed by atoms with Gasteiger partial charge in [0.25, 0.3) is 0 Å². The van der Waals surface area contributed by atoms with Gasteiger partial charge in [0, 0.05) is 24.3 Å². The molecule has 0 radical (unpaired) electrons. The van der Waals surface area contributed by atoms with E-state index < -0.39 is 0 Å². The molecule has 0 saturated carbocycles. The van der Waals surface area contributed by atoms with Crippen LogP contribution >= 0.6 is 0 Å². The summed E-state index contributed by atoms with van der Waals surface area (Å²) >= 11 is 0. The number of hydrogen-bond donors (Lipinski definition) is 1. The third-order valence-electron chi connectivity index (χ3n) is 2.81. The number of benzene rings is 1. The quantitative estimate of drug-likeness (QED) is 0.815. The Morgan fingerprint density at radius 2 is 2.13 bits per heavy atom. The molecule has 80 valence electrons. The Labute approximate surface area is 90.8 Å². The largest absolute Gasteiger partial charge is 0.508 e. The Morgan fingerprint density at radius 1 is 1.33 bits per heavy atom. The Balaban J connectivity index is 2.25. The lowest BCUT2D eigenvalue weighted by Gasteiger charge is -2.29. The molecule has 0 spiro atoms. The molecule has 0 amide bonds. The second-order valence-electron chi connectivity index (χ2n) is 3.91. The van der Waals surface area contributed by atoms with Gasteiger partial charge < -0.3 is 10.0 Å². The Bertz CT molecular complexity index is 371. The maximum atomic E-state index is 9.74. The fraction of sp³-hybridized carbons (Fsp3) is 0.385. The van der Waals surface area contributed by atoms with Crippen molar-refractivity contribution < 1.29 is 5.11 Å². The van der Waals surface area contributed by atoms with Crippen molar-refractivity contribution in [2.75, 3.05) is 18.0 Å². The lowest BCUT2D eigenvalue weighted by molar-refractivity contribution is 0.507. The Morgan fingerprint density at radius 3 is 2.93 bits per heavy atom. The zero-order chi connectivity index (χ0) is 10.7. The predicted molar refractivity (Wildman–Crippen MR) is 64.2 cm³/mol. The highest BCUT2D eigenvalue weighted by molar-refractivity contribution is 5.75. The minimum Gasteiger partial charge on any atom is -0.508 e. The SMILES string of the molecule is CCCCN1CC=C(O)c2ccccc21. The number of unbranched alkanes of at least 4 members (excludes halogenated alkanes) is 1. The first-order valence-electron chi connectivity index (χ1n) is 5.56. The summed E-state index contributed by atoms with van der Waals surface area (Å²) in [5.41, 5.74) is 2.12. The first kappa shape index (κ1) is 10.1. The first-order valence-corrected chi connectivity index (χ1v) is 5.56. The van der Waals surface area contributed by atoms with Crippen molar-refractivity contribution in [3.05, 3.63) is 35.9 Å². The van der Waals surface area contributed by atoms with E-state index in [9.17, 15) is 5.11 Å². The molecule has 0 aromatic heterocycles. The second-order valence-corrected chi connectivity index (χ2v) is 3.91. The molecule has 2 rings (SSSR count). The molecule has 1 N–H and O–H groups in total. The molecular formula is C13H17NO. The number of para-hydroxylation sites is 1. The Kier molecular flexibility index (Phi) is 2.95. The molecule has 0 atom stereocenters. The van der Waals surface area contributed by atoms with Crippen LogP contribution < -0.4 is 4.90 Å². The predicted octanol–water partition coefficient (Wildman–Crippen LogP) is 3.21. The van der Waals surface area contributed by atoms with Crippen molar-refractivity contribution in [1.82, 2.24) is 0 Å². The topological polar surface area (TPSA) is 23.5 Å². The van der Waals surface area contributed by atoms with Gasteiger partial charge in [-0.3, -0.25) is 0 Å². The van der Waals surface area contributed by atoms with Crippen LogP contribution in [-0.2, 0) is 0 Å². The summed E-state index contributed by atoms with van der Waals surface area (Å²) in [5.74, 6) is 0.415. The normalized spacial score (nSPS) is 14.7. The molecule has 1 aliphatic rings. The van der Waals surface area contributed by atoms with Gasteiger partial charge in [0.2, 0.25) is 0 Å². The minimum atomic E-state index is 0.415. The molecular weight excluding hydrogens is 186 g/mol. The molecule has 2 heteroatoms. The average Bonchev–Trinajstić information content (AvgIpc) is 2.29. The minimum absolute atomic E-state index is 0.415. The van der Waals surface area contributed by atoms with Crippen molar-refractivity contribution in [3.8, 4) is 0 Å². The van der Waals surface area contributed by atoms with E-state index in [0.717, 1.165) is 24.3 Å². The summed E-state index contributed by atoms with van der Waals surface area (Å²) in [6.07, 6.45) is 4.29. The van der Waals surface area contributed by atoms with E-state index in [1.54, 1.807) is 0 Å². The van der Waals surface area contributed by atoms with E-state index in [-0.39, 0.29) is 0 Å². The van der Waals surface area contributed by atoms with Crippen LogP contribution in [-0.4, -0.2) is 18.2 Å². The van der Waals surface area contributed by atoms with Gasteiger partial charge in [0.1, 0.15) is 5.76 Å². The monoisotopic (exact) mass is 203 g/mol. The number of rotatable bonds is 3. The summed E-state index contributed by atoms with van der Waals surface area (Å²) in [4.78, 5) is 2.32. The maximum Gasteiger partial charge on any atom is 0.122 e. The van der Waals surface area contributed by atoms with Gasteiger partial charge >= 0.3 is 0 Å². The number of fused-ring (bicyclic) bond motifs is 1. The summed E-state index contributed by atoms with van der Waals surface area (Å²) in [6.45, 7) is 4.09. The number of nitrogens with zero attached hydrogens (tertiary/aromatic N) is 1. The molecule has 0 unspecified atom stereocenters. The van der Waals surface area contributed by atoms with E-state index in [1.807, 2.05) is 24.3 Å². The summed E-state index contributed by atoms with van der Waals surface area (Å²) in [5, 5.41) is 9.74. The van der Waals surface area contributed by atoms with E-state index in [4.69, 9.17) is 0 Å². The average molecular weight is 203 g/mol. The van der Waals surface area contributed by atoms with Crippen LogP contribution in [0.5, 0.6) is 0 Å². The molecule has 1 heterocycles. The third kappa shape index (κ3) is 1.99. The van der Waals surface area contributed by atoms with Crippen molar-refractivity contribution in [3.63, 3.8) is 0 Å². The zero-order valence-electron chi connectivity index (χ0n) is 9.11. The number of hydrogen-bond acceptors (Lipinski definition) is 2. The fourth-order valence-electron chi connectivity index (χ4n) is 1.93. The third-order valence-corrected chi connectivity index (χ3v) is 2.81. The van der Waals surface area contributed by atoms with Gasteiger partial charge in [-0.15, -0.1) is 0 Å². The Hall–Kier alpha value is -1.44. The van der Waals surface area contributed by atoms with Crippen LogP contribution in [0.25, 0.3) is 5.76 Å². The first-order chi connectivity index (χ1) is 7.33. The van der Waals surface area contributed by atoms with Gasteiger partial charge in [-0.05, 0) is 24.6 Å².